The third kappa shape index (κ3) is 5.55. The number of para-hydroxylation sites is 1. The van der Waals surface area contributed by atoms with E-state index in [2.05, 4.69) is 17.1 Å². The Balaban J connectivity index is 1.95. The number of amides is 2. The minimum atomic E-state index is -0.532. The Kier molecular flexibility index (Phi) is 6.92. The quantitative estimate of drug-likeness (QED) is 0.837. The highest BCUT2D eigenvalue weighted by Gasteiger charge is 2.20. The molecular weight excluding hydrogens is 310 g/mol. The lowest BCUT2D eigenvalue weighted by Crippen LogP contribution is -2.37. The van der Waals surface area contributed by atoms with E-state index in [1.54, 1.807) is 24.3 Å². The lowest BCUT2D eigenvalue weighted by molar-refractivity contribution is -0.117. The number of anilines is 1. The Morgan fingerprint density at radius 1 is 1.35 bits per heavy atom. The van der Waals surface area contributed by atoms with Crippen LogP contribution in [0.1, 0.15) is 36.5 Å². The van der Waals surface area contributed by atoms with Gasteiger partial charge in [0.15, 0.2) is 0 Å². The molecular formula is C17H25N3O2S. The first-order chi connectivity index (χ1) is 11.1. The zero-order valence-electron chi connectivity index (χ0n) is 13.6. The molecule has 3 N–H and O–H groups in total. The van der Waals surface area contributed by atoms with Crippen molar-refractivity contribution < 1.29 is 9.59 Å². The minimum Gasteiger partial charge on any atom is -0.366 e. The van der Waals surface area contributed by atoms with Crippen LogP contribution in [0.4, 0.5) is 5.69 Å². The number of benzene rings is 1. The molecule has 1 aliphatic heterocycles. The van der Waals surface area contributed by atoms with E-state index in [-0.39, 0.29) is 5.91 Å². The van der Waals surface area contributed by atoms with Crippen LogP contribution in [-0.2, 0) is 4.79 Å². The normalized spacial score (nSPS) is 19.1. The molecule has 23 heavy (non-hydrogen) atoms. The molecule has 0 aliphatic carbocycles. The van der Waals surface area contributed by atoms with Crippen molar-refractivity contribution in [2.24, 2.45) is 5.73 Å². The maximum Gasteiger partial charge on any atom is 0.250 e. The summed E-state index contributed by atoms with van der Waals surface area (Å²) in [6, 6.07) is 6.84. The number of nitrogens with one attached hydrogen (secondary N) is 1. The lowest BCUT2D eigenvalue weighted by Gasteiger charge is -2.23. The van der Waals surface area contributed by atoms with E-state index in [0.717, 1.165) is 25.3 Å². The van der Waals surface area contributed by atoms with Gasteiger partial charge >= 0.3 is 0 Å². The summed E-state index contributed by atoms with van der Waals surface area (Å²) in [6.45, 7) is 4.43. The zero-order chi connectivity index (χ0) is 16.7. The standard InChI is InChI=1S/C17H25N3O2S/c1-2-23-13-7-5-6-10-20(11-13)12-16(21)19-15-9-4-3-8-14(15)17(18)22/h3-4,8-9,13H,2,5-7,10-12H2,1H3,(H2,18,22)(H,19,21)/t13-/m0/s1. The molecule has 1 aromatic carbocycles. The van der Waals surface area contributed by atoms with Gasteiger partial charge in [-0.15, -0.1) is 0 Å². The molecule has 1 saturated heterocycles. The molecule has 2 amide bonds. The van der Waals surface area contributed by atoms with Crippen LogP contribution in [0.25, 0.3) is 0 Å². The Bertz CT molecular complexity index is 550. The van der Waals surface area contributed by atoms with Gasteiger partial charge in [0.1, 0.15) is 0 Å². The van der Waals surface area contributed by atoms with Crippen molar-refractivity contribution in [3.05, 3.63) is 29.8 Å². The molecule has 0 spiro atoms. The number of carbonyl (C=O) groups excluding carboxylic acids is 2. The van der Waals surface area contributed by atoms with Gasteiger partial charge in [-0.25, -0.2) is 0 Å². The number of primary amides is 1. The summed E-state index contributed by atoms with van der Waals surface area (Å²) in [5, 5.41) is 3.42. The van der Waals surface area contributed by atoms with E-state index >= 15 is 0 Å². The van der Waals surface area contributed by atoms with Gasteiger partial charge in [-0.1, -0.05) is 25.5 Å². The number of rotatable bonds is 6. The number of hydrogen-bond donors (Lipinski definition) is 2. The van der Waals surface area contributed by atoms with Gasteiger partial charge in [0.25, 0.3) is 5.91 Å². The third-order valence-electron chi connectivity index (χ3n) is 3.95. The van der Waals surface area contributed by atoms with Crippen molar-refractivity contribution in [2.75, 3.05) is 30.7 Å². The van der Waals surface area contributed by atoms with Gasteiger partial charge in [0, 0.05) is 11.8 Å². The Morgan fingerprint density at radius 2 is 2.13 bits per heavy atom. The number of hydrogen-bond acceptors (Lipinski definition) is 4. The van der Waals surface area contributed by atoms with Gasteiger partial charge < -0.3 is 11.1 Å². The molecule has 126 valence electrons. The summed E-state index contributed by atoms with van der Waals surface area (Å²) in [5.41, 5.74) is 6.17. The van der Waals surface area contributed by atoms with Crippen LogP contribution in [-0.4, -0.2) is 47.4 Å². The molecule has 1 heterocycles. The monoisotopic (exact) mass is 335 g/mol. The highest BCUT2D eigenvalue weighted by molar-refractivity contribution is 7.99. The highest BCUT2D eigenvalue weighted by Crippen LogP contribution is 2.22. The van der Waals surface area contributed by atoms with Crippen molar-refractivity contribution in [1.29, 1.82) is 0 Å². The van der Waals surface area contributed by atoms with Crippen molar-refractivity contribution in [3.8, 4) is 0 Å². The second-order valence-electron chi connectivity index (χ2n) is 5.77. The number of nitrogens with two attached hydrogens (primary N) is 1. The smallest absolute Gasteiger partial charge is 0.250 e. The lowest BCUT2D eigenvalue weighted by atomic mass is 10.1. The summed E-state index contributed by atoms with van der Waals surface area (Å²) in [7, 11) is 0. The van der Waals surface area contributed by atoms with Gasteiger partial charge in [-0.2, -0.15) is 11.8 Å². The molecule has 0 aromatic heterocycles. The van der Waals surface area contributed by atoms with E-state index in [4.69, 9.17) is 5.73 Å². The molecule has 6 heteroatoms. The SMILES string of the molecule is CCS[C@H]1CCCCN(CC(=O)Nc2ccccc2C(N)=O)C1. The molecule has 0 bridgehead atoms. The van der Waals surface area contributed by atoms with Crippen molar-refractivity contribution in [2.45, 2.75) is 31.4 Å². The van der Waals surface area contributed by atoms with E-state index < -0.39 is 5.91 Å². The van der Waals surface area contributed by atoms with E-state index in [1.807, 2.05) is 11.8 Å². The van der Waals surface area contributed by atoms with E-state index in [1.165, 1.54) is 12.8 Å². The average Bonchev–Trinajstić information content (AvgIpc) is 2.73. The van der Waals surface area contributed by atoms with Crippen LogP contribution in [0.15, 0.2) is 24.3 Å². The fourth-order valence-electron chi connectivity index (χ4n) is 2.89. The predicted molar refractivity (Wildman–Crippen MR) is 95.8 cm³/mol. The maximum atomic E-state index is 12.3. The average molecular weight is 335 g/mol. The molecule has 1 fully saturated rings. The Labute approximate surface area is 142 Å². The number of thioether (sulfide) groups is 1. The summed E-state index contributed by atoms with van der Waals surface area (Å²) < 4.78 is 0. The number of likely N-dealkylation sites (tertiary alicyclic amines) is 1. The molecule has 0 radical (unpaired) electrons. The fraction of sp³-hybridized carbons (Fsp3) is 0.529. The van der Waals surface area contributed by atoms with E-state index in [9.17, 15) is 9.59 Å². The Hall–Kier alpha value is -1.53. The van der Waals surface area contributed by atoms with Crippen LogP contribution in [0.5, 0.6) is 0 Å². The zero-order valence-corrected chi connectivity index (χ0v) is 14.4. The second-order valence-corrected chi connectivity index (χ2v) is 7.34. The maximum absolute atomic E-state index is 12.3. The molecule has 1 aromatic rings. The summed E-state index contributed by atoms with van der Waals surface area (Å²) in [6.07, 6.45) is 3.58. The summed E-state index contributed by atoms with van der Waals surface area (Å²) >= 11 is 1.97. The number of carbonyl (C=O) groups is 2. The molecule has 0 unspecified atom stereocenters. The van der Waals surface area contributed by atoms with Gasteiger partial charge in [-0.05, 0) is 37.3 Å². The Morgan fingerprint density at radius 3 is 2.87 bits per heavy atom. The van der Waals surface area contributed by atoms with Gasteiger partial charge in [0.2, 0.25) is 5.91 Å². The topological polar surface area (TPSA) is 75.4 Å². The largest absolute Gasteiger partial charge is 0.366 e. The van der Waals surface area contributed by atoms with Crippen LogP contribution in [0.3, 0.4) is 0 Å². The van der Waals surface area contributed by atoms with Gasteiger partial charge in [0.05, 0.1) is 17.8 Å². The molecule has 2 rings (SSSR count). The first-order valence-electron chi connectivity index (χ1n) is 8.12. The van der Waals surface area contributed by atoms with Crippen LogP contribution < -0.4 is 11.1 Å². The predicted octanol–water partition coefficient (Wildman–Crippen LogP) is 2.33. The van der Waals surface area contributed by atoms with Crippen molar-refractivity contribution >= 4 is 29.3 Å². The first kappa shape index (κ1) is 17.8. The third-order valence-corrected chi connectivity index (χ3v) is 5.14. The van der Waals surface area contributed by atoms with Crippen molar-refractivity contribution in [3.63, 3.8) is 0 Å². The van der Waals surface area contributed by atoms with E-state index in [0.29, 0.717) is 23.0 Å². The highest BCUT2D eigenvalue weighted by atomic mass is 32.2. The van der Waals surface area contributed by atoms with Crippen LogP contribution >= 0.6 is 11.8 Å². The molecule has 1 aliphatic rings. The van der Waals surface area contributed by atoms with Crippen LogP contribution in [0.2, 0.25) is 0 Å². The first-order valence-corrected chi connectivity index (χ1v) is 9.17. The molecule has 5 nitrogen and oxygen atoms in total. The molecule has 1 atom stereocenters. The second kappa shape index (κ2) is 8.93. The summed E-state index contributed by atoms with van der Waals surface area (Å²) in [5.74, 6) is 0.479. The molecule has 0 saturated carbocycles. The van der Waals surface area contributed by atoms with Crippen molar-refractivity contribution in [1.82, 2.24) is 4.90 Å². The van der Waals surface area contributed by atoms with Crippen LogP contribution in [0, 0.1) is 0 Å². The fourth-order valence-corrected chi connectivity index (χ4v) is 4.01. The minimum absolute atomic E-state index is 0.0964. The van der Waals surface area contributed by atoms with Gasteiger partial charge in [-0.3, -0.25) is 14.5 Å². The summed E-state index contributed by atoms with van der Waals surface area (Å²) in [4.78, 5) is 25.9. The number of nitrogens with zero attached hydrogens (tertiary/aromatic N) is 1.